The molecule has 2 N–H and O–H groups in total. The molecule has 0 fully saturated rings. The SMILES string of the molecule is COc1ccc(NC(=O)CC(=O)Nc2ccc(C(C)(C)C)cc2)cc1. The van der Waals surface area contributed by atoms with Crippen LogP contribution in [0, 0.1) is 0 Å². The third-order valence-corrected chi connectivity index (χ3v) is 3.73. The molecule has 0 saturated carbocycles. The molecule has 0 aliphatic carbocycles. The van der Waals surface area contributed by atoms with E-state index in [0.29, 0.717) is 17.1 Å². The Balaban J connectivity index is 1.87. The Labute approximate surface area is 148 Å². The van der Waals surface area contributed by atoms with E-state index in [2.05, 4.69) is 31.4 Å². The van der Waals surface area contributed by atoms with Crippen molar-refractivity contribution in [3.8, 4) is 5.75 Å². The van der Waals surface area contributed by atoms with E-state index in [1.54, 1.807) is 31.4 Å². The van der Waals surface area contributed by atoms with Gasteiger partial charge in [0.25, 0.3) is 0 Å². The molecule has 0 aliphatic rings. The maximum atomic E-state index is 12.0. The summed E-state index contributed by atoms with van der Waals surface area (Å²) in [6.45, 7) is 6.39. The zero-order valence-corrected chi connectivity index (χ0v) is 15.1. The molecule has 0 aromatic heterocycles. The molecule has 25 heavy (non-hydrogen) atoms. The predicted molar refractivity (Wildman–Crippen MR) is 100 cm³/mol. The van der Waals surface area contributed by atoms with Gasteiger partial charge in [-0.25, -0.2) is 0 Å². The number of amides is 2. The standard InChI is InChI=1S/C20H24N2O3/c1-20(2,3)14-5-7-15(8-6-14)21-18(23)13-19(24)22-16-9-11-17(25-4)12-10-16/h5-12H,13H2,1-4H3,(H,21,23)(H,22,24). The fraction of sp³-hybridized carbons (Fsp3) is 0.300. The Morgan fingerprint density at radius 3 is 1.68 bits per heavy atom. The normalized spacial score (nSPS) is 10.9. The van der Waals surface area contributed by atoms with Gasteiger partial charge < -0.3 is 15.4 Å². The minimum absolute atomic E-state index is 0.0563. The summed E-state index contributed by atoms with van der Waals surface area (Å²) >= 11 is 0. The largest absolute Gasteiger partial charge is 0.497 e. The Morgan fingerprint density at radius 1 is 0.840 bits per heavy atom. The van der Waals surface area contributed by atoms with E-state index in [1.807, 2.05) is 24.3 Å². The van der Waals surface area contributed by atoms with Crippen molar-refractivity contribution in [2.24, 2.45) is 0 Å². The number of hydrogen-bond donors (Lipinski definition) is 2. The fourth-order valence-electron chi connectivity index (χ4n) is 2.28. The number of benzene rings is 2. The van der Waals surface area contributed by atoms with Crippen molar-refractivity contribution < 1.29 is 14.3 Å². The van der Waals surface area contributed by atoms with Crippen LogP contribution in [0.1, 0.15) is 32.8 Å². The molecule has 0 atom stereocenters. The number of rotatable bonds is 5. The average molecular weight is 340 g/mol. The third kappa shape index (κ3) is 5.64. The molecule has 2 rings (SSSR count). The molecular formula is C20H24N2O3. The van der Waals surface area contributed by atoms with Crippen LogP contribution in [0.3, 0.4) is 0 Å². The van der Waals surface area contributed by atoms with Crippen molar-refractivity contribution in [1.29, 1.82) is 0 Å². The lowest BCUT2D eigenvalue weighted by atomic mass is 9.87. The lowest BCUT2D eigenvalue weighted by molar-refractivity contribution is -0.123. The van der Waals surface area contributed by atoms with Gasteiger partial charge in [0.05, 0.1) is 7.11 Å². The summed E-state index contributed by atoms with van der Waals surface area (Å²) < 4.78 is 5.06. The monoisotopic (exact) mass is 340 g/mol. The molecule has 2 amide bonds. The van der Waals surface area contributed by atoms with Crippen LogP contribution in [-0.2, 0) is 15.0 Å². The smallest absolute Gasteiger partial charge is 0.233 e. The van der Waals surface area contributed by atoms with Gasteiger partial charge in [0.2, 0.25) is 11.8 Å². The zero-order chi connectivity index (χ0) is 18.4. The van der Waals surface area contributed by atoms with Crippen LogP contribution in [0.25, 0.3) is 0 Å². The van der Waals surface area contributed by atoms with Crippen LogP contribution in [0.4, 0.5) is 11.4 Å². The van der Waals surface area contributed by atoms with E-state index in [9.17, 15) is 9.59 Å². The Morgan fingerprint density at radius 2 is 1.28 bits per heavy atom. The first-order chi connectivity index (χ1) is 11.8. The summed E-state index contributed by atoms with van der Waals surface area (Å²) in [5.41, 5.74) is 2.53. The minimum atomic E-state index is -0.367. The number of ether oxygens (including phenoxy) is 1. The number of methoxy groups -OCH3 is 1. The van der Waals surface area contributed by atoms with Crippen LogP contribution in [0.2, 0.25) is 0 Å². The van der Waals surface area contributed by atoms with Crippen molar-refractivity contribution in [2.75, 3.05) is 17.7 Å². The molecule has 5 heteroatoms. The highest BCUT2D eigenvalue weighted by molar-refractivity contribution is 6.08. The minimum Gasteiger partial charge on any atom is -0.497 e. The molecule has 5 nitrogen and oxygen atoms in total. The highest BCUT2D eigenvalue weighted by atomic mass is 16.5. The lowest BCUT2D eigenvalue weighted by Gasteiger charge is -2.19. The van der Waals surface area contributed by atoms with Crippen molar-refractivity contribution in [3.05, 3.63) is 54.1 Å². The molecule has 0 heterocycles. The molecule has 0 spiro atoms. The zero-order valence-electron chi connectivity index (χ0n) is 15.1. The summed E-state index contributed by atoms with van der Waals surface area (Å²) in [5.74, 6) is -0.0158. The summed E-state index contributed by atoms with van der Waals surface area (Å²) in [6.07, 6.45) is -0.243. The van der Waals surface area contributed by atoms with Crippen LogP contribution in [0.15, 0.2) is 48.5 Å². The third-order valence-electron chi connectivity index (χ3n) is 3.73. The topological polar surface area (TPSA) is 67.4 Å². The molecule has 0 radical (unpaired) electrons. The van der Waals surface area contributed by atoms with E-state index in [-0.39, 0.29) is 23.7 Å². The van der Waals surface area contributed by atoms with Gasteiger partial charge in [-0.2, -0.15) is 0 Å². The second kappa shape index (κ2) is 7.83. The highest BCUT2D eigenvalue weighted by Crippen LogP contribution is 2.23. The van der Waals surface area contributed by atoms with E-state index in [4.69, 9.17) is 4.74 Å². The Kier molecular flexibility index (Phi) is 5.80. The van der Waals surface area contributed by atoms with Gasteiger partial charge in [-0.1, -0.05) is 32.9 Å². The molecule has 0 bridgehead atoms. The number of nitrogens with one attached hydrogen (secondary N) is 2. The van der Waals surface area contributed by atoms with E-state index in [1.165, 1.54) is 5.56 Å². The second-order valence-electron chi connectivity index (χ2n) is 6.83. The molecule has 2 aromatic carbocycles. The first-order valence-corrected chi connectivity index (χ1v) is 8.12. The van der Waals surface area contributed by atoms with Crippen molar-refractivity contribution in [3.63, 3.8) is 0 Å². The fourth-order valence-corrected chi connectivity index (χ4v) is 2.28. The lowest BCUT2D eigenvalue weighted by Crippen LogP contribution is -2.21. The molecule has 0 aliphatic heterocycles. The van der Waals surface area contributed by atoms with Crippen LogP contribution < -0.4 is 15.4 Å². The maximum absolute atomic E-state index is 12.0. The molecular weight excluding hydrogens is 316 g/mol. The number of carbonyl (C=O) groups excluding carboxylic acids is 2. The first kappa shape index (κ1) is 18.5. The average Bonchev–Trinajstić information content (AvgIpc) is 2.55. The predicted octanol–water partition coefficient (Wildman–Crippen LogP) is 3.96. The van der Waals surface area contributed by atoms with Gasteiger partial charge in [0.15, 0.2) is 0 Å². The van der Waals surface area contributed by atoms with Crippen LogP contribution in [-0.4, -0.2) is 18.9 Å². The van der Waals surface area contributed by atoms with Crippen LogP contribution >= 0.6 is 0 Å². The van der Waals surface area contributed by atoms with E-state index >= 15 is 0 Å². The molecule has 0 saturated heterocycles. The molecule has 132 valence electrons. The van der Waals surface area contributed by atoms with Gasteiger partial charge in [-0.05, 0) is 47.4 Å². The van der Waals surface area contributed by atoms with Gasteiger partial charge in [0, 0.05) is 11.4 Å². The first-order valence-electron chi connectivity index (χ1n) is 8.12. The summed E-state index contributed by atoms with van der Waals surface area (Å²) in [5, 5.41) is 5.42. The van der Waals surface area contributed by atoms with Crippen molar-refractivity contribution in [2.45, 2.75) is 32.6 Å². The molecule has 0 unspecified atom stereocenters. The van der Waals surface area contributed by atoms with Gasteiger partial charge in [0.1, 0.15) is 12.2 Å². The van der Waals surface area contributed by atoms with Gasteiger partial charge in [-0.3, -0.25) is 9.59 Å². The Hall–Kier alpha value is -2.82. The van der Waals surface area contributed by atoms with Crippen molar-refractivity contribution in [1.82, 2.24) is 0 Å². The number of anilines is 2. The number of carbonyl (C=O) groups is 2. The van der Waals surface area contributed by atoms with E-state index in [0.717, 1.165) is 0 Å². The maximum Gasteiger partial charge on any atom is 0.233 e. The van der Waals surface area contributed by atoms with E-state index < -0.39 is 0 Å². The molecule has 2 aromatic rings. The summed E-state index contributed by atoms with van der Waals surface area (Å²) in [7, 11) is 1.58. The second-order valence-corrected chi connectivity index (χ2v) is 6.83. The summed E-state index contributed by atoms with van der Waals surface area (Å²) in [4.78, 5) is 24.0. The van der Waals surface area contributed by atoms with Gasteiger partial charge >= 0.3 is 0 Å². The summed E-state index contributed by atoms with van der Waals surface area (Å²) in [6, 6.07) is 14.6. The van der Waals surface area contributed by atoms with Crippen LogP contribution in [0.5, 0.6) is 5.75 Å². The number of hydrogen-bond acceptors (Lipinski definition) is 3. The van der Waals surface area contributed by atoms with Gasteiger partial charge in [-0.15, -0.1) is 0 Å². The van der Waals surface area contributed by atoms with Crippen molar-refractivity contribution >= 4 is 23.2 Å². The quantitative estimate of drug-likeness (QED) is 0.810. The highest BCUT2D eigenvalue weighted by Gasteiger charge is 2.14. The Bertz CT molecular complexity index is 729.